The van der Waals surface area contributed by atoms with Gasteiger partial charge in [0.2, 0.25) is 5.95 Å². The lowest BCUT2D eigenvalue weighted by Crippen LogP contribution is -2.48. The molecule has 5 rings (SSSR count). The van der Waals surface area contributed by atoms with E-state index in [1.807, 2.05) is 24.4 Å². The Morgan fingerprint density at radius 3 is 2.94 bits per heavy atom. The van der Waals surface area contributed by atoms with Crippen molar-refractivity contribution >= 4 is 29.7 Å². The Morgan fingerprint density at radius 2 is 2.16 bits per heavy atom. The van der Waals surface area contributed by atoms with Crippen LogP contribution in [0.3, 0.4) is 0 Å². The molecule has 9 heteroatoms. The zero-order valence-corrected chi connectivity index (χ0v) is 18.9. The van der Waals surface area contributed by atoms with Crippen LogP contribution < -0.4 is 5.32 Å². The molecule has 2 saturated heterocycles. The monoisotopic (exact) mass is 457 g/mol. The molecule has 0 aliphatic carbocycles. The van der Waals surface area contributed by atoms with Crippen molar-refractivity contribution in [3.8, 4) is 11.3 Å². The Labute approximate surface area is 191 Å². The van der Waals surface area contributed by atoms with E-state index >= 15 is 0 Å². The maximum Gasteiger partial charge on any atom is 0.419 e. The van der Waals surface area contributed by atoms with Crippen molar-refractivity contribution in [3.05, 3.63) is 40.5 Å². The minimum atomic E-state index is -0.814. The smallest absolute Gasteiger partial charge is 0.386 e. The first-order valence-corrected chi connectivity index (χ1v) is 11.2. The summed E-state index contributed by atoms with van der Waals surface area (Å²) >= 11 is 6.47. The van der Waals surface area contributed by atoms with E-state index in [0.29, 0.717) is 41.2 Å². The minimum Gasteiger partial charge on any atom is -0.386 e. The van der Waals surface area contributed by atoms with Crippen molar-refractivity contribution in [2.45, 2.75) is 50.7 Å². The lowest BCUT2D eigenvalue weighted by atomic mass is 9.83. The van der Waals surface area contributed by atoms with Crippen LogP contribution in [0.15, 0.2) is 24.4 Å². The highest BCUT2D eigenvalue weighted by molar-refractivity contribution is 6.32. The van der Waals surface area contributed by atoms with Gasteiger partial charge in [-0.15, -0.1) is 0 Å². The Kier molecular flexibility index (Phi) is 5.49. The molecule has 5 atom stereocenters. The van der Waals surface area contributed by atoms with Gasteiger partial charge >= 0.3 is 5.91 Å². The highest BCUT2D eigenvalue weighted by Crippen LogP contribution is 2.35. The third-order valence-corrected chi connectivity index (χ3v) is 6.65. The number of aromatic nitrogens is 2. The van der Waals surface area contributed by atoms with E-state index in [2.05, 4.69) is 29.1 Å². The summed E-state index contributed by atoms with van der Waals surface area (Å²) in [5.74, 6) is 0.782. The number of hydrogen-bond donors (Lipinski definition) is 2. The SMILES string of the molecule is CC(C)C1C=[N+](C)C(=O)c2ccc(-c3nc(N[C@@H]4C[C@H]5CO[C@H](O5)[C@H]4O)ncc3Cl)cc21. The van der Waals surface area contributed by atoms with Gasteiger partial charge in [-0.3, -0.25) is 0 Å². The molecule has 1 aromatic heterocycles. The van der Waals surface area contributed by atoms with Crippen LogP contribution in [-0.2, 0) is 9.47 Å². The molecule has 3 aliphatic rings. The summed E-state index contributed by atoms with van der Waals surface area (Å²) in [5, 5.41) is 14.1. The number of nitrogens with zero attached hydrogens (tertiary/aromatic N) is 3. The molecule has 1 amide bonds. The van der Waals surface area contributed by atoms with E-state index in [-0.39, 0.29) is 24.0 Å². The van der Waals surface area contributed by atoms with Crippen molar-refractivity contribution in [3.63, 3.8) is 0 Å². The van der Waals surface area contributed by atoms with Gasteiger partial charge in [-0.05, 0) is 30.0 Å². The molecule has 3 aliphatic heterocycles. The van der Waals surface area contributed by atoms with Crippen LogP contribution in [-0.4, -0.2) is 70.0 Å². The van der Waals surface area contributed by atoms with E-state index in [4.69, 9.17) is 21.1 Å². The summed E-state index contributed by atoms with van der Waals surface area (Å²) in [6.45, 7) is 4.75. The predicted octanol–water partition coefficient (Wildman–Crippen LogP) is 2.69. The summed E-state index contributed by atoms with van der Waals surface area (Å²) in [7, 11) is 1.79. The molecular formula is C23H26ClN4O4+. The van der Waals surface area contributed by atoms with Gasteiger partial charge in [-0.1, -0.05) is 31.5 Å². The van der Waals surface area contributed by atoms with Gasteiger partial charge in [0.05, 0.1) is 47.1 Å². The average molecular weight is 458 g/mol. The maximum absolute atomic E-state index is 12.7. The molecule has 4 heterocycles. The first-order valence-electron chi connectivity index (χ1n) is 10.8. The van der Waals surface area contributed by atoms with Gasteiger partial charge in [0.25, 0.3) is 0 Å². The molecule has 168 valence electrons. The lowest BCUT2D eigenvalue weighted by molar-refractivity contribution is -0.392. The Hall–Kier alpha value is -2.39. The lowest BCUT2D eigenvalue weighted by Gasteiger charge is -2.32. The third kappa shape index (κ3) is 3.71. The van der Waals surface area contributed by atoms with Crippen LogP contribution in [0.2, 0.25) is 5.02 Å². The molecule has 32 heavy (non-hydrogen) atoms. The highest BCUT2D eigenvalue weighted by atomic mass is 35.5. The predicted molar refractivity (Wildman–Crippen MR) is 119 cm³/mol. The molecule has 8 nitrogen and oxygen atoms in total. The van der Waals surface area contributed by atoms with E-state index in [9.17, 15) is 9.90 Å². The van der Waals surface area contributed by atoms with Crippen molar-refractivity contribution in [1.82, 2.24) is 9.97 Å². The number of carbonyl (C=O) groups excluding carboxylic acids is 1. The van der Waals surface area contributed by atoms with Crippen LogP contribution in [0.25, 0.3) is 11.3 Å². The van der Waals surface area contributed by atoms with E-state index in [0.717, 1.165) is 11.1 Å². The number of amides is 1. The van der Waals surface area contributed by atoms with Crippen molar-refractivity contribution in [2.24, 2.45) is 5.92 Å². The molecule has 0 saturated carbocycles. The second kappa shape index (κ2) is 8.19. The molecule has 0 spiro atoms. The topological polar surface area (TPSA) is 96.6 Å². The molecule has 1 aromatic carbocycles. The summed E-state index contributed by atoms with van der Waals surface area (Å²) in [4.78, 5) is 21.6. The van der Waals surface area contributed by atoms with Crippen LogP contribution in [0.5, 0.6) is 0 Å². The van der Waals surface area contributed by atoms with Crippen LogP contribution in [0.1, 0.15) is 42.1 Å². The van der Waals surface area contributed by atoms with Gasteiger partial charge in [-0.2, -0.15) is 4.58 Å². The number of anilines is 1. The average Bonchev–Trinajstić information content (AvgIpc) is 3.19. The summed E-state index contributed by atoms with van der Waals surface area (Å²) in [5.41, 5.74) is 3.05. The highest BCUT2D eigenvalue weighted by Gasteiger charge is 2.43. The number of aliphatic hydroxyl groups excluding tert-OH is 1. The van der Waals surface area contributed by atoms with E-state index < -0.39 is 12.4 Å². The number of benzene rings is 1. The maximum atomic E-state index is 12.7. The second-order valence-electron chi connectivity index (χ2n) is 8.96. The first kappa shape index (κ1) is 21.5. The largest absolute Gasteiger partial charge is 0.419 e. The zero-order valence-electron chi connectivity index (χ0n) is 18.2. The minimum absolute atomic E-state index is 0.0232. The Morgan fingerprint density at radius 1 is 1.34 bits per heavy atom. The fraction of sp³-hybridized carbons (Fsp3) is 0.478. The van der Waals surface area contributed by atoms with Gasteiger partial charge in [-0.25, -0.2) is 14.8 Å². The quantitative estimate of drug-likeness (QED) is 0.681. The van der Waals surface area contributed by atoms with Crippen molar-refractivity contribution < 1.29 is 24.0 Å². The Balaban J connectivity index is 1.47. The van der Waals surface area contributed by atoms with Crippen LogP contribution in [0.4, 0.5) is 5.95 Å². The second-order valence-corrected chi connectivity index (χ2v) is 9.37. The van der Waals surface area contributed by atoms with Gasteiger partial charge in [0.1, 0.15) is 13.2 Å². The number of hydrogen-bond acceptors (Lipinski definition) is 7. The summed E-state index contributed by atoms with van der Waals surface area (Å²) in [6.07, 6.45) is 2.63. The molecule has 2 fully saturated rings. The number of ether oxygens (including phenoxy) is 2. The van der Waals surface area contributed by atoms with Crippen LogP contribution >= 0.6 is 11.6 Å². The molecular weight excluding hydrogens is 432 g/mol. The van der Waals surface area contributed by atoms with E-state index in [1.54, 1.807) is 17.8 Å². The normalized spacial score (nSPS) is 29.1. The molecule has 2 bridgehead atoms. The van der Waals surface area contributed by atoms with Crippen LogP contribution in [0, 0.1) is 5.92 Å². The summed E-state index contributed by atoms with van der Waals surface area (Å²) < 4.78 is 12.7. The first-order chi connectivity index (χ1) is 15.3. The third-order valence-electron chi connectivity index (χ3n) is 6.38. The number of halogens is 1. The number of carbonyl (C=O) groups is 1. The molecule has 2 aromatic rings. The van der Waals surface area contributed by atoms with Crippen molar-refractivity contribution in [1.29, 1.82) is 0 Å². The van der Waals surface area contributed by atoms with Gasteiger partial charge in [0.15, 0.2) is 12.5 Å². The molecule has 1 unspecified atom stereocenters. The van der Waals surface area contributed by atoms with Gasteiger partial charge < -0.3 is 19.9 Å². The fourth-order valence-electron chi connectivity index (χ4n) is 4.63. The van der Waals surface area contributed by atoms with Crippen molar-refractivity contribution in [2.75, 3.05) is 19.0 Å². The van der Waals surface area contributed by atoms with E-state index in [1.165, 1.54) is 0 Å². The molecule has 0 radical (unpaired) electrons. The standard InChI is InChI=1S/C23H26ClN4O4/c1-11(2)16-9-28(3)21(30)14-5-4-12(6-15(14)16)19-17(24)8-25-23(27-19)26-18-7-13-10-31-22(32-13)20(18)29/h4-6,8-9,11,13,16,18,20,22,29H,7,10H2,1-3H3,(H,25,26,27)/q+1/t13-,16?,18+,20-,22+/m0/s1. The zero-order chi connectivity index (χ0) is 22.6. The number of nitrogens with one attached hydrogen (secondary N) is 1. The fourth-order valence-corrected chi connectivity index (χ4v) is 4.83. The van der Waals surface area contributed by atoms with Gasteiger partial charge in [0, 0.05) is 5.56 Å². The Bertz CT molecular complexity index is 1110. The number of rotatable bonds is 4. The molecule has 2 N–H and O–H groups in total. The number of aliphatic hydroxyl groups is 1. The summed E-state index contributed by atoms with van der Waals surface area (Å²) in [6, 6.07) is 5.42. The number of fused-ring (bicyclic) bond motifs is 3.